The van der Waals surface area contributed by atoms with E-state index in [2.05, 4.69) is 11.9 Å². The summed E-state index contributed by atoms with van der Waals surface area (Å²) in [4.78, 5) is 4.02. The molecule has 0 spiro atoms. The standard InChI is InChI=1S/C16H22ClN3O/c1-2-15(18)11-13-10-14(17)4-5-16(13)21-9-3-7-20-8-6-19-12-20/h4-6,8,10,12,15H,2-3,7,9,11,18H2,1H3. The molecule has 0 fully saturated rings. The Morgan fingerprint density at radius 1 is 1.43 bits per heavy atom. The van der Waals surface area contributed by atoms with E-state index in [1.54, 1.807) is 6.20 Å². The maximum atomic E-state index is 6.07. The van der Waals surface area contributed by atoms with E-state index in [9.17, 15) is 0 Å². The number of hydrogen-bond acceptors (Lipinski definition) is 3. The molecular formula is C16H22ClN3O. The van der Waals surface area contributed by atoms with Crippen LogP contribution in [-0.4, -0.2) is 22.2 Å². The van der Waals surface area contributed by atoms with Gasteiger partial charge in [-0.05, 0) is 43.0 Å². The second-order valence-corrected chi connectivity index (χ2v) is 5.56. The Labute approximate surface area is 130 Å². The van der Waals surface area contributed by atoms with E-state index in [4.69, 9.17) is 22.1 Å². The fourth-order valence-electron chi connectivity index (χ4n) is 2.12. The average molecular weight is 308 g/mol. The summed E-state index contributed by atoms with van der Waals surface area (Å²) in [6, 6.07) is 5.87. The predicted octanol–water partition coefficient (Wildman–Crippen LogP) is 3.29. The molecule has 0 aliphatic heterocycles. The number of rotatable bonds is 8. The molecule has 4 nitrogen and oxygen atoms in total. The summed E-state index contributed by atoms with van der Waals surface area (Å²) in [5.41, 5.74) is 7.12. The van der Waals surface area contributed by atoms with Gasteiger partial charge in [-0.2, -0.15) is 0 Å². The Bertz CT molecular complexity index is 542. The Hall–Kier alpha value is -1.52. The van der Waals surface area contributed by atoms with Crippen LogP contribution in [0.4, 0.5) is 0 Å². The average Bonchev–Trinajstić information content (AvgIpc) is 2.98. The largest absolute Gasteiger partial charge is 0.493 e. The highest BCUT2D eigenvalue weighted by molar-refractivity contribution is 6.30. The zero-order valence-electron chi connectivity index (χ0n) is 12.3. The molecule has 0 amide bonds. The van der Waals surface area contributed by atoms with Crippen LogP contribution in [0, 0.1) is 0 Å². The van der Waals surface area contributed by atoms with E-state index in [0.29, 0.717) is 6.61 Å². The molecule has 0 radical (unpaired) electrons. The number of nitrogens with zero attached hydrogens (tertiary/aromatic N) is 2. The van der Waals surface area contributed by atoms with Crippen molar-refractivity contribution in [2.75, 3.05) is 6.61 Å². The molecule has 0 saturated heterocycles. The molecule has 0 bridgehead atoms. The second-order valence-electron chi connectivity index (χ2n) is 5.13. The number of aromatic nitrogens is 2. The topological polar surface area (TPSA) is 53.1 Å². The van der Waals surface area contributed by atoms with Crippen molar-refractivity contribution >= 4 is 11.6 Å². The third-order valence-corrected chi connectivity index (χ3v) is 3.64. The summed E-state index contributed by atoms with van der Waals surface area (Å²) in [7, 11) is 0. The summed E-state index contributed by atoms with van der Waals surface area (Å²) < 4.78 is 7.93. The van der Waals surface area contributed by atoms with Crippen molar-refractivity contribution in [1.82, 2.24) is 9.55 Å². The molecule has 114 valence electrons. The number of imidazole rings is 1. The van der Waals surface area contributed by atoms with Crippen LogP contribution < -0.4 is 10.5 Å². The summed E-state index contributed by atoms with van der Waals surface area (Å²) in [5, 5.41) is 0.721. The lowest BCUT2D eigenvalue weighted by Gasteiger charge is -2.15. The van der Waals surface area contributed by atoms with E-state index < -0.39 is 0 Å². The van der Waals surface area contributed by atoms with Crippen LogP contribution >= 0.6 is 11.6 Å². The third-order valence-electron chi connectivity index (χ3n) is 3.41. The Morgan fingerprint density at radius 3 is 3.00 bits per heavy atom. The number of nitrogens with two attached hydrogens (primary N) is 1. The van der Waals surface area contributed by atoms with Crippen molar-refractivity contribution in [3.63, 3.8) is 0 Å². The van der Waals surface area contributed by atoms with Crippen LogP contribution in [0.2, 0.25) is 5.02 Å². The molecule has 2 aromatic rings. The zero-order valence-corrected chi connectivity index (χ0v) is 13.1. The predicted molar refractivity (Wildman–Crippen MR) is 85.8 cm³/mol. The molecule has 1 aromatic heterocycles. The van der Waals surface area contributed by atoms with Gasteiger partial charge in [-0.3, -0.25) is 0 Å². The maximum absolute atomic E-state index is 6.07. The molecular weight excluding hydrogens is 286 g/mol. The molecule has 5 heteroatoms. The van der Waals surface area contributed by atoms with Crippen LogP contribution in [0.5, 0.6) is 5.75 Å². The van der Waals surface area contributed by atoms with E-state index in [0.717, 1.165) is 42.1 Å². The number of ether oxygens (including phenoxy) is 1. The fourth-order valence-corrected chi connectivity index (χ4v) is 2.32. The smallest absolute Gasteiger partial charge is 0.122 e. The van der Waals surface area contributed by atoms with Crippen LogP contribution in [0.15, 0.2) is 36.9 Å². The molecule has 21 heavy (non-hydrogen) atoms. The monoisotopic (exact) mass is 307 g/mol. The lowest BCUT2D eigenvalue weighted by atomic mass is 10.0. The molecule has 0 aliphatic rings. The highest BCUT2D eigenvalue weighted by Crippen LogP contribution is 2.24. The third kappa shape index (κ3) is 5.06. The van der Waals surface area contributed by atoms with Gasteiger partial charge in [-0.15, -0.1) is 0 Å². The lowest BCUT2D eigenvalue weighted by Crippen LogP contribution is -2.21. The zero-order chi connectivity index (χ0) is 15.1. The number of benzene rings is 1. The SMILES string of the molecule is CCC(N)Cc1cc(Cl)ccc1OCCCn1ccnc1. The Kier molecular flexibility index (Phi) is 6.08. The van der Waals surface area contributed by atoms with Crippen LogP contribution in [-0.2, 0) is 13.0 Å². The van der Waals surface area contributed by atoms with E-state index >= 15 is 0 Å². The Morgan fingerprint density at radius 2 is 2.29 bits per heavy atom. The molecule has 1 unspecified atom stereocenters. The van der Waals surface area contributed by atoms with Gasteiger partial charge in [0.2, 0.25) is 0 Å². The number of halogens is 1. The van der Waals surface area contributed by atoms with E-state index in [-0.39, 0.29) is 6.04 Å². The van der Waals surface area contributed by atoms with Gasteiger partial charge in [0.15, 0.2) is 0 Å². The van der Waals surface area contributed by atoms with Crippen molar-refractivity contribution in [1.29, 1.82) is 0 Å². The molecule has 2 N–H and O–H groups in total. The van der Waals surface area contributed by atoms with Gasteiger partial charge in [0.25, 0.3) is 0 Å². The highest BCUT2D eigenvalue weighted by atomic mass is 35.5. The van der Waals surface area contributed by atoms with Gasteiger partial charge in [-0.25, -0.2) is 4.98 Å². The van der Waals surface area contributed by atoms with E-state index in [1.165, 1.54) is 0 Å². The first-order valence-corrected chi connectivity index (χ1v) is 7.69. The maximum Gasteiger partial charge on any atom is 0.122 e. The van der Waals surface area contributed by atoms with E-state index in [1.807, 2.05) is 35.3 Å². The van der Waals surface area contributed by atoms with Crippen molar-refractivity contribution in [3.8, 4) is 5.75 Å². The summed E-state index contributed by atoms with van der Waals surface area (Å²) >= 11 is 6.07. The van der Waals surface area contributed by atoms with Gasteiger partial charge in [0, 0.05) is 30.0 Å². The fraction of sp³-hybridized carbons (Fsp3) is 0.438. The second kappa shape index (κ2) is 8.05. The molecule has 1 atom stereocenters. The molecule has 1 heterocycles. The van der Waals surface area contributed by atoms with Crippen LogP contribution in [0.1, 0.15) is 25.3 Å². The summed E-state index contributed by atoms with van der Waals surface area (Å²) in [6.07, 6.45) is 8.20. The lowest BCUT2D eigenvalue weighted by molar-refractivity contribution is 0.298. The normalized spacial score (nSPS) is 12.3. The first-order chi connectivity index (χ1) is 10.2. The molecule has 0 saturated carbocycles. The van der Waals surface area contributed by atoms with Crippen molar-refractivity contribution in [2.24, 2.45) is 5.73 Å². The molecule has 0 aliphatic carbocycles. The minimum atomic E-state index is 0.136. The quantitative estimate of drug-likeness (QED) is 0.761. The number of aryl methyl sites for hydroxylation is 1. The summed E-state index contributed by atoms with van der Waals surface area (Å²) in [6.45, 7) is 3.65. The van der Waals surface area contributed by atoms with Crippen LogP contribution in [0.3, 0.4) is 0 Å². The van der Waals surface area contributed by atoms with Gasteiger partial charge in [0.05, 0.1) is 12.9 Å². The molecule has 1 aromatic carbocycles. The van der Waals surface area contributed by atoms with Gasteiger partial charge in [0.1, 0.15) is 5.75 Å². The number of hydrogen-bond donors (Lipinski definition) is 1. The Balaban J connectivity index is 1.89. The summed E-state index contributed by atoms with van der Waals surface area (Å²) in [5.74, 6) is 0.883. The molecule has 2 rings (SSSR count). The van der Waals surface area contributed by atoms with Crippen molar-refractivity contribution < 1.29 is 4.74 Å². The highest BCUT2D eigenvalue weighted by Gasteiger charge is 2.09. The van der Waals surface area contributed by atoms with Gasteiger partial charge < -0.3 is 15.0 Å². The first kappa shape index (κ1) is 15.9. The minimum Gasteiger partial charge on any atom is -0.493 e. The minimum absolute atomic E-state index is 0.136. The first-order valence-electron chi connectivity index (χ1n) is 7.31. The van der Waals surface area contributed by atoms with Gasteiger partial charge in [-0.1, -0.05) is 18.5 Å². The van der Waals surface area contributed by atoms with Crippen LogP contribution in [0.25, 0.3) is 0 Å². The van der Waals surface area contributed by atoms with Crippen molar-refractivity contribution in [3.05, 3.63) is 47.5 Å². The van der Waals surface area contributed by atoms with Gasteiger partial charge >= 0.3 is 0 Å². The van der Waals surface area contributed by atoms with Crippen molar-refractivity contribution in [2.45, 2.75) is 38.8 Å².